The molecule has 0 spiro atoms. The number of nitrogens with zero attached hydrogens (tertiary/aromatic N) is 1. The zero-order valence-corrected chi connectivity index (χ0v) is 13.3. The molecule has 4 nitrogen and oxygen atoms in total. The monoisotopic (exact) mass is 303 g/mol. The molecule has 0 bridgehead atoms. The fourth-order valence-corrected chi connectivity index (χ4v) is 3.07. The van der Waals surface area contributed by atoms with Crippen molar-refractivity contribution in [1.29, 1.82) is 0 Å². The number of hydrogen-bond donors (Lipinski definition) is 2. The number of rotatable bonds is 6. The lowest BCUT2D eigenvalue weighted by Gasteiger charge is -2.06. The Morgan fingerprint density at radius 2 is 1.95 bits per heavy atom. The molecule has 0 unspecified atom stereocenters. The lowest BCUT2D eigenvalue weighted by Crippen LogP contribution is -2.26. The van der Waals surface area contributed by atoms with Gasteiger partial charge in [0.05, 0.1) is 5.01 Å². The van der Waals surface area contributed by atoms with E-state index in [1.54, 1.807) is 5.38 Å². The molecule has 0 aliphatic rings. The van der Waals surface area contributed by atoms with Crippen LogP contribution < -0.4 is 11.1 Å². The minimum absolute atomic E-state index is 0.112. The summed E-state index contributed by atoms with van der Waals surface area (Å²) in [5.41, 5.74) is 9.72. The van der Waals surface area contributed by atoms with Crippen LogP contribution in [0.25, 0.3) is 0 Å². The molecule has 0 aliphatic heterocycles. The maximum Gasteiger partial charge on any atom is 0.270 e. The molecule has 21 heavy (non-hydrogen) atoms. The third-order valence-electron chi connectivity index (χ3n) is 3.12. The number of carbonyl (C=O) groups is 1. The summed E-state index contributed by atoms with van der Waals surface area (Å²) < 4.78 is 0. The predicted molar refractivity (Wildman–Crippen MR) is 86.8 cm³/mol. The van der Waals surface area contributed by atoms with Gasteiger partial charge in [-0.3, -0.25) is 4.79 Å². The number of amides is 1. The second-order valence-corrected chi connectivity index (χ2v) is 6.11. The van der Waals surface area contributed by atoms with Crippen LogP contribution in [-0.4, -0.2) is 24.0 Å². The van der Waals surface area contributed by atoms with Crippen molar-refractivity contribution in [1.82, 2.24) is 10.3 Å². The Hall–Kier alpha value is -1.72. The van der Waals surface area contributed by atoms with Crippen molar-refractivity contribution in [2.45, 2.75) is 26.7 Å². The molecule has 0 aliphatic carbocycles. The number of aromatic nitrogens is 1. The van der Waals surface area contributed by atoms with E-state index in [1.807, 2.05) is 0 Å². The molecule has 1 amide bonds. The molecule has 1 heterocycles. The maximum absolute atomic E-state index is 12.0. The largest absolute Gasteiger partial charge is 0.350 e. The van der Waals surface area contributed by atoms with Crippen molar-refractivity contribution in [2.75, 3.05) is 13.1 Å². The number of nitrogens with two attached hydrogens (primary N) is 1. The van der Waals surface area contributed by atoms with Crippen molar-refractivity contribution in [3.05, 3.63) is 51.0 Å². The van der Waals surface area contributed by atoms with Crippen molar-refractivity contribution < 1.29 is 4.79 Å². The van der Waals surface area contributed by atoms with Crippen LogP contribution >= 0.6 is 11.3 Å². The fraction of sp³-hybridized carbons (Fsp3) is 0.375. The molecular weight excluding hydrogens is 282 g/mol. The Morgan fingerprint density at radius 1 is 1.24 bits per heavy atom. The molecule has 0 saturated carbocycles. The number of hydrogen-bond acceptors (Lipinski definition) is 4. The lowest BCUT2D eigenvalue weighted by molar-refractivity contribution is 0.0949. The van der Waals surface area contributed by atoms with Gasteiger partial charge in [-0.25, -0.2) is 4.98 Å². The highest BCUT2D eigenvalue weighted by atomic mass is 32.1. The molecule has 0 atom stereocenters. The minimum atomic E-state index is -0.112. The van der Waals surface area contributed by atoms with Gasteiger partial charge in [0, 0.05) is 18.3 Å². The molecule has 1 aromatic heterocycles. The molecule has 0 fully saturated rings. The van der Waals surface area contributed by atoms with Gasteiger partial charge < -0.3 is 11.1 Å². The fourth-order valence-electron chi connectivity index (χ4n) is 2.28. The highest BCUT2D eigenvalue weighted by Gasteiger charge is 2.09. The molecule has 0 radical (unpaired) electrons. The van der Waals surface area contributed by atoms with E-state index in [1.165, 1.54) is 28.0 Å². The summed E-state index contributed by atoms with van der Waals surface area (Å²) in [6, 6.07) is 6.46. The molecule has 1 aromatic carbocycles. The van der Waals surface area contributed by atoms with E-state index < -0.39 is 0 Å². The zero-order chi connectivity index (χ0) is 15.2. The summed E-state index contributed by atoms with van der Waals surface area (Å²) >= 11 is 1.48. The van der Waals surface area contributed by atoms with Gasteiger partial charge >= 0.3 is 0 Å². The SMILES string of the molecule is Cc1cc(C)cc(CCNC(=O)c2csc(CCN)n2)c1. The molecule has 3 N–H and O–H groups in total. The highest BCUT2D eigenvalue weighted by molar-refractivity contribution is 7.09. The normalized spacial score (nSPS) is 10.6. The molecule has 2 rings (SSSR count). The standard InChI is InChI=1S/C16H21N3OS/c1-11-7-12(2)9-13(8-11)4-6-18-16(20)14-10-21-15(19-14)3-5-17/h7-10H,3-6,17H2,1-2H3,(H,18,20). The van der Waals surface area contributed by atoms with E-state index in [9.17, 15) is 4.79 Å². The van der Waals surface area contributed by atoms with E-state index in [2.05, 4.69) is 42.3 Å². The van der Waals surface area contributed by atoms with Crippen LogP contribution in [0, 0.1) is 13.8 Å². The first-order chi connectivity index (χ1) is 10.1. The zero-order valence-electron chi connectivity index (χ0n) is 12.5. The first-order valence-electron chi connectivity index (χ1n) is 7.08. The number of carbonyl (C=O) groups excluding carboxylic acids is 1. The van der Waals surface area contributed by atoms with Crippen molar-refractivity contribution >= 4 is 17.2 Å². The van der Waals surface area contributed by atoms with Crippen LogP contribution in [-0.2, 0) is 12.8 Å². The molecule has 112 valence electrons. The van der Waals surface area contributed by atoms with Gasteiger partial charge in [0.1, 0.15) is 5.69 Å². The minimum Gasteiger partial charge on any atom is -0.350 e. The second-order valence-electron chi connectivity index (χ2n) is 5.17. The predicted octanol–water partition coefficient (Wildman–Crippen LogP) is 2.23. The van der Waals surface area contributed by atoms with E-state index in [0.717, 1.165) is 17.8 Å². The smallest absolute Gasteiger partial charge is 0.270 e. The average molecular weight is 303 g/mol. The summed E-state index contributed by atoms with van der Waals surface area (Å²) in [5, 5.41) is 5.62. The Balaban J connectivity index is 1.86. The van der Waals surface area contributed by atoms with Gasteiger partial charge in [0.2, 0.25) is 0 Å². The number of nitrogens with one attached hydrogen (secondary N) is 1. The maximum atomic E-state index is 12.0. The van der Waals surface area contributed by atoms with Gasteiger partial charge in [0.25, 0.3) is 5.91 Å². The molecule has 0 saturated heterocycles. The molecule has 5 heteroatoms. The molecule has 2 aromatic rings. The van der Waals surface area contributed by atoms with Gasteiger partial charge in [-0.05, 0) is 32.4 Å². The first-order valence-corrected chi connectivity index (χ1v) is 7.96. The third-order valence-corrected chi connectivity index (χ3v) is 4.03. The highest BCUT2D eigenvalue weighted by Crippen LogP contribution is 2.11. The van der Waals surface area contributed by atoms with E-state index in [0.29, 0.717) is 18.8 Å². The second kappa shape index (κ2) is 7.33. The van der Waals surface area contributed by atoms with E-state index in [4.69, 9.17) is 5.73 Å². The van der Waals surface area contributed by atoms with Crippen molar-refractivity contribution in [3.63, 3.8) is 0 Å². The lowest BCUT2D eigenvalue weighted by atomic mass is 10.1. The Labute approximate surface area is 129 Å². The Bertz CT molecular complexity index is 601. The quantitative estimate of drug-likeness (QED) is 0.860. The van der Waals surface area contributed by atoms with Crippen LogP contribution in [0.3, 0.4) is 0 Å². The van der Waals surface area contributed by atoms with Crippen LogP contribution in [0.4, 0.5) is 0 Å². The Kier molecular flexibility index (Phi) is 5.47. The van der Waals surface area contributed by atoms with E-state index >= 15 is 0 Å². The van der Waals surface area contributed by atoms with Gasteiger partial charge in [-0.15, -0.1) is 11.3 Å². The van der Waals surface area contributed by atoms with Crippen LogP contribution in [0.1, 0.15) is 32.2 Å². The van der Waals surface area contributed by atoms with Gasteiger partial charge in [0.15, 0.2) is 0 Å². The van der Waals surface area contributed by atoms with Crippen LogP contribution in [0.5, 0.6) is 0 Å². The Morgan fingerprint density at radius 3 is 2.62 bits per heavy atom. The molecular formula is C16H21N3OS. The summed E-state index contributed by atoms with van der Waals surface area (Å²) in [4.78, 5) is 16.3. The topological polar surface area (TPSA) is 68.0 Å². The van der Waals surface area contributed by atoms with E-state index in [-0.39, 0.29) is 5.91 Å². The van der Waals surface area contributed by atoms with Gasteiger partial charge in [-0.1, -0.05) is 29.3 Å². The summed E-state index contributed by atoms with van der Waals surface area (Å²) in [6.45, 7) is 5.35. The summed E-state index contributed by atoms with van der Waals surface area (Å²) in [7, 11) is 0. The van der Waals surface area contributed by atoms with Crippen molar-refractivity contribution in [2.24, 2.45) is 5.73 Å². The number of thiazole rings is 1. The van der Waals surface area contributed by atoms with Crippen LogP contribution in [0.15, 0.2) is 23.6 Å². The van der Waals surface area contributed by atoms with Crippen LogP contribution in [0.2, 0.25) is 0 Å². The number of aryl methyl sites for hydroxylation is 2. The average Bonchev–Trinajstić information content (AvgIpc) is 2.86. The van der Waals surface area contributed by atoms with Gasteiger partial charge in [-0.2, -0.15) is 0 Å². The summed E-state index contributed by atoms with van der Waals surface area (Å²) in [6.07, 6.45) is 1.55. The third kappa shape index (κ3) is 4.65. The number of benzene rings is 1. The first kappa shape index (κ1) is 15.7. The summed E-state index contributed by atoms with van der Waals surface area (Å²) in [5.74, 6) is -0.112. The van der Waals surface area contributed by atoms with Crippen molar-refractivity contribution in [3.8, 4) is 0 Å².